The van der Waals surface area contributed by atoms with Gasteiger partial charge in [0.25, 0.3) is 0 Å². The largest absolute Gasteiger partial charge is 0.493 e. The summed E-state index contributed by atoms with van der Waals surface area (Å²) in [6.07, 6.45) is -2.60. The maximum Gasteiger partial charge on any atom is 0.421 e. The fraction of sp³-hybridized carbons (Fsp3) is 0.176. The van der Waals surface area contributed by atoms with Gasteiger partial charge in [0.2, 0.25) is 11.8 Å². The van der Waals surface area contributed by atoms with E-state index in [0.717, 1.165) is 41.2 Å². The summed E-state index contributed by atoms with van der Waals surface area (Å²) in [7, 11) is 0. The molecule has 3 aromatic rings. The molecule has 1 unspecified atom stereocenters. The van der Waals surface area contributed by atoms with Gasteiger partial charge in [-0.2, -0.15) is 13.2 Å². The number of halogens is 5. The minimum atomic E-state index is -4.73. The van der Waals surface area contributed by atoms with Crippen molar-refractivity contribution in [3.63, 3.8) is 0 Å². The Hall–Kier alpha value is -3.01. The Kier molecular flexibility index (Phi) is 5.07. The molecule has 0 radical (unpaired) electrons. The maximum absolute atomic E-state index is 14.4. The second-order valence-corrected chi connectivity index (χ2v) is 6.17. The van der Waals surface area contributed by atoms with Crippen molar-refractivity contribution in [2.45, 2.75) is 19.1 Å². The summed E-state index contributed by atoms with van der Waals surface area (Å²) >= 11 is 5.91. The SMILES string of the molecule is CC(c1cc(Oc2ncccc2C(F)(F)F)c(Cl)cc1F)n1c(O)c[nH]c1=O. The van der Waals surface area contributed by atoms with Crippen LogP contribution < -0.4 is 10.4 Å². The third-order valence-corrected chi connectivity index (χ3v) is 4.26. The van der Waals surface area contributed by atoms with E-state index in [-0.39, 0.29) is 16.3 Å². The van der Waals surface area contributed by atoms with Crippen LogP contribution in [-0.2, 0) is 6.18 Å². The van der Waals surface area contributed by atoms with Crippen molar-refractivity contribution in [3.8, 4) is 17.5 Å². The molecule has 1 aromatic carbocycles. The second-order valence-electron chi connectivity index (χ2n) is 5.76. The first-order chi connectivity index (χ1) is 13.1. The summed E-state index contributed by atoms with van der Waals surface area (Å²) < 4.78 is 59.8. The van der Waals surface area contributed by atoms with E-state index < -0.39 is 41.0 Å². The van der Waals surface area contributed by atoms with Gasteiger partial charge >= 0.3 is 11.9 Å². The summed E-state index contributed by atoms with van der Waals surface area (Å²) in [5.41, 5.74) is -1.98. The highest BCUT2D eigenvalue weighted by molar-refractivity contribution is 6.32. The summed E-state index contributed by atoms with van der Waals surface area (Å²) in [6.45, 7) is 1.41. The molecule has 28 heavy (non-hydrogen) atoms. The molecule has 2 aromatic heterocycles. The molecule has 11 heteroatoms. The number of hydrogen-bond acceptors (Lipinski definition) is 4. The molecule has 6 nitrogen and oxygen atoms in total. The lowest BCUT2D eigenvalue weighted by atomic mass is 10.1. The Morgan fingerprint density at radius 3 is 2.68 bits per heavy atom. The van der Waals surface area contributed by atoms with Crippen LogP contribution in [0.1, 0.15) is 24.1 Å². The highest BCUT2D eigenvalue weighted by Gasteiger charge is 2.35. The molecule has 148 valence electrons. The average molecular weight is 418 g/mol. The van der Waals surface area contributed by atoms with Gasteiger partial charge < -0.3 is 14.8 Å². The molecule has 0 aliphatic rings. The molecular weight excluding hydrogens is 406 g/mol. The number of nitrogens with zero attached hydrogens (tertiary/aromatic N) is 2. The normalized spacial score (nSPS) is 12.8. The number of aromatic hydroxyl groups is 1. The molecule has 0 saturated heterocycles. The van der Waals surface area contributed by atoms with E-state index in [1.807, 2.05) is 0 Å². The minimum absolute atomic E-state index is 0.138. The Balaban J connectivity index is 2.06. The highest BCUT2D eigenvalue weighted by Crippen LogP contribution is 2.39. The lowest BCUT2D eigenvalue weighted by molar-refractivity contribution is -0.138. The fourth-order valence-electron chi connectivity index (χ4n) is 2.62. The zero-order chi connectivity index (χ0) is 20.6. The van der Waals surface area contributed by atoms with Gasteiger partial charge in [-0.1, -0.05) is 11.6 Å². The van der Waals surface area contributed by atoms with Crippen LogP contribution in [0.3, 0.4) is 0 Å². The third-order valence-electron chi connectivity index (χ3n) is 3.96. The topological polar surface area (TPSA) is 80.1 Å². The van der Waals surface area contributed by atoms with E-state index in [9.17, 15) is 27.5 Å². The first-order valence-electron chi connectivity index (χ1n) is 7.77. The van der Waals surface area contributed by atoms with Gasteiger partial charge in [-0.25, -0.2) is 14.2 Å². The van der Waals surface area contributed by atoms with Gasteiger partial charge in [0.1, 0.15) is 17.1 Å². The summed E-state index contributed by atoms with van der Waals surface area (Å²) in [5, 5.41) is 9.46. The number of nitrogens with one attached hydrogen (secondary N) is 1. The van der Waals surface area contributed by atoms with Gasteiger partial charge in [0.05, 0.1) is 17.3 Å². The lowest BCUT2D eigenvalue weighted by Crippen LogP contribution is -2.21. The molecule has 0 amide bonds. The fourth-order valence-corrected chi connectivity index (χ4v) is 2.81. The average Bonchev–Trinajstić information content (AvgIpc) is 2.95. The zero-order valence-electron chi connectivity index (χ0n) is 14.1. The zero-order valence-corrected chi connectivity index (χ0v) is 14.8. The van der Waals surface area contributed by atoms with Gasteiger partial charge in [0, 0.05) is 11.8 Å². The molecule has 2 N–H and O–H groups in total. The molecule has 0 spiro atoms. The highest BCUT2D eigenvalue weighted by atomic mass is 35.5. The van der Waals surface area contributed by atoms with Gasteiger partial charge in [-0.15, -0.1) is 0 Å². The predicted octanol–water partition coefficient (Wildman–Crippen LogP) is 4.49. The number of imidazole rings is 1. The molecule has 0 fully saturated rings. The van der Waals surface area contributed by atoms with E-state index in [0.29, 0.717) is 0 Å². The molecule has 0 aliphatic heterocycles. The van der Waals surface area contributed by atoms with Crippen LogP contribution in [0.25, 0.3) is 0 Å². The van der Waals surface area contributed by atoms with Crippen LogP contribution in [0.4, 0.5) is 17.6 Å². The number of hydrogen-bond donors (Lipinski definition) is 2. The third kappa shape index (κ3) is 3.68. The Labute approximate surface area is 160 Å². The second kappa shape index (κ2) is 7.19. The van der Waals surface area contributed by atoms with Gasteiger partial charge in [-0.3, -0.25) is 4.57 Å². The molecular formula is C17H12ClF4N3O3. The number of rotatable bonds is 4. The van der Waals surface area contributed by atoms with E-state index in [1.54, 1.807) is 0 Å². The maximum atomic E-state index is 14.4. The first-order valence-corrected chi connectivity index (χ1v) is 8.15. The van der Waals surface area contributed by atoms with Gasteiger partial charge in [-0.05, 0) is 31.2 Å². The lowest BCUT2D eigenvalue weighted by Gasteiger charge is -2.18. The molecule has 1 atom stereocenters. The van der Waals surface area contributed by atoms with Gasteiger partial charge in [0.15, 0.2) is 0 Å². The van der Waals surface area contributed by atoms with Crippen LogP contribution in [0.15, 0.2) is 41.5 Å². The monoisotopic (exact) mass is 417 g/mol. The summed E-state index contributed by atoms with van der Waals surface area (Å²) in [6, 6.07) is 2.75. The van der Waals surface area contributed by atoms with Crippen molar-refractivity contribution in [1.82, 2.24) is 14.5 Å². The quantitative estimate of drug-likeness (QED) is 0.613. The Morgan fingerprint density at radius 1 is 1.36 bits per heavy atom. The summed E-state index contributed by atoms with van der Waals surface area (Å²) in [4.78, 5) is 17.6. The molecule has 2 heterocycles. The molecule has 3 rings (SSSR count). The standard InChI is InChI=1S/C17H12ClF4N3O3/c1-8(25-14(26)7-24-16(25)27)9-5-13(11(18)6-12(9)19)28-15-10(17(20,21)22)3-2-4-23-15/h2-8,26H,1H3,(H,24,27). The van der Waals surface area contributed by atoms with E-state index in [2.05, 4.69) is 9.97 Å². The Bertz CT molecular complexity index is 1080. The van der Waals surface area contributed by atoms with Crippen LogP contribution >= 0.6 is 11.6 Å². The van der Waals surface area contributed by atoms with Crippen molar-refractivity contribution in [2.24, 2.45) is 0 Å². The van der Waals surface area contributed by atoms with Crippen molar-refractivity contribution in [3.05, 3.63) is 69.1 Å². The number of ether oxygens (including phenoxy) is 1. The number of H-pyrrole nitrogens is 1. The van der Waals surface area contributed by atoms with Crippen LogP contribution in [0.2, 0.25) is 5.02 Å². The minimum Gasteiger partial charge on any atom is -0.493 e. The number of aromatic amines is 1. The van der Waals surface area contributed by atoms with E-state index in [1.165, 1.54) is 6.92 Å². The van der Waals surface area contributed by atoms with Crippen molar-refractivity contribution in [2.75, 3.05) is 0 Å². The Morgan fingerprint density at radius 2 is 2.07 bits per heavy atom. The number of pyridine rings is 1. The molecule has 0 aliphatic carbocycles. The van der Waals surface area contributed by atoms with Crippen molar-refractivity contribution in [1.29, 1.82) is 0 Å². The van der Waals surface area contributed by atoms with Crippen LogP contribution in [0.5, 0.6) is 17.5 Å². The van der Waals surface area contributed by atoms with E-state index >= 15 is 0 Å². The summed E-state index contributed by atoms with van der Waals surface area (Å²) in [5.74, 6) is -2.34. The van der Waals surface area contributed by atoms with Crippen LogP contribution in [-0.4, -0.2) is 19.6 Å². The molecule has 0 saturated carbocycles. The van der Waals surface area contributed by atoms with Crippen molar-refractivity contribution >= 4 is 11.6 Å². The smallest absolute Gasteiger partial charge is 0.421 e. The first kappa shape index (κ1) is 19.7. The van der Waals surface area contributed by atoms with Crippen molar-refractivity contribution < 1.29 is 27.4 Å². The number of benzene rings is 1. The molecule has 0 bridgehead atoms. The predicted molar refractivity (Wildman–Crippen MR) is 91.3 cm³/mol. The van der Waals surface area contributed by atoms with E-state index in [4.69, 9.17) is 16.3 Å². The number of aromatic nitrogens is 3. The number of alkyl halides is 3. The van der Waals surface area contributed by atoms with Crippen LogP contribution in [0, 0.1) is 5.82 Å².